The molecule has 0 amide bonds. The number of nitriles is 1. The number of piperidine rings is 1. The van der Waals surface area contributed by atoms with E-state index in [-0.39, 0.29) is 0 Å². The van der Waals surface area contributed by atoms with E-state index in [9.17, 15) is 0 Å². The van der Waals surface area contributed by atoms with Crippen LogP contribution in [0.1, 0.15) is 18.4 Å². The van der Waals surface area contributed by atoms with Crippen LogP contribution >= 0.6 is 11.6 Å². The maximum Gasteiger partial charge on any atom is 0.233 e. The second-order valence-electron chi connectivity index (χ2n) is 4.09. The largest absolute Gasteiger partial charge is 0.476 e. The Bertz CT molecular complexity index is 424. The average Bonchev–Trinajstić information content (AvgIpc) is 2.39. The van der Waals surface area contributed by atoms with E-state index in [0.29, 0.717) is 29.0 Å². The minimum Gasteiger partial charge on any atom is -0.476 e. The molecule has 1 aromatic heterocycles. The number of aromatic nitrogens is 1. The Balaban J connectivity index is 1.96. The van der Waals surface area contributed by atoms with Gasteiger partial charge < -0.3 is 10.1 Å². The summed E-state index contributed by atoms with van der Waals surface area (Å²) in [6.45, 7) is 2.68. The van der Waals surface area contributed by atoms with Crippen LogP contribution in [0.15, 0.2) is 12.3 Å². The van der Waals surface area contributed by atoms with Crippen LogP contribution in [-0.4, -0.2) is 24.7 Å². The van der Waals surface area contributed by atoms with Crippen molar-refractivity contribution in [2.24, 2.45) is 5.92 Å². The van der Waals surface area contributed by atoms with E-state index >= 15 is 0 Å². The van der Waals surface area contributed by atoms with Gasteiger partial charge in [0.1, 0.15) is 11.1 Å². The third-order valence-corrected chi connectivity index (χ3v) is 3.26. The number of ether oxygens (including phenoxy) is 1. The SMILES string of the molecule is N#Cc1ccnc(OCC2CCNCC2)c1Cl. The Morgan fingerprint density at radius 1 is 1.53 bits per heavy atom. The van der Waals surface area contributed by atoms with Crippen LogP contribution in [0, 0.1) is 17.2 Å². The molecule has 5 heteroatoms. The zero-order valence-corrected chi connectivity index (χ0v) is 10.2. The maximum atomic E-state index is 8.83. The van der Waals surface area contributed by atoms with Crippen LogP contribution in [0.4, 0.5) is 0 Å². The summed E-state index contributed by atoms with van der Waals surface area (Å²) in [5, 5.41) is 12.4. The summed E-state index contributed by atoms with van der Waals surface area (Å²) >= 11 is 6.00. The van der Waals surface area contributed by atoms with Gasteiger partial charge in [-0.2, -0.15) is 5.26 Å². The molecule has 1 aromatic rings. The standard InChI is InChI=1S/C12H14ClN3O/c13-11-10(7-14)3-6-16-12(11)17-8-9-1-4-15-5-2-9/h3,6,9,15H,1-2,4-5,8H2. The van der Waals surface area contributed by atoms with Gasteiger partial charge in [-0.15, -0.1) is 0 Å². The molecule has 0 unspecified atom stereocenters. The highest BCUT2D eigenvalue weighted by Gasteiger charge is 2.15. The van der Waals surface area contributed by atoms with E-state index in [2.05, 4.69) is 10.3 Å². The number of rotatable bonds is 3. The lowest BCUT2D eigenvalue weighted by atomic mass is 9.99. The van der Waals surface area contributed by atoms with Crippen molar-refractivity contribution in [1.82, 2.24) is 10.3 Å². The van der Waals surface area contributed by atoms with Crippen LogP contribution in [0.25, 0.3) is 0 Å². The fourth-order valence-electron chi connectivity index (χ4n) is 1.86. The van der Waals surface area contributed by atoms with Crippen LogP contribution < -0.4 is 10.1 Å². The van der Waals surface area contributed by atoms with Crippen molar-refractivity contribution in [3.05, 3.63) is 22.8 Å². The summed E-state index contributed by atoms with van der Waals surface area (Å²) in [6, 6.07) is 3.59. The lowest BCUT2D eigenvalue weighted by molar-refractivity contribution is 0.209. The normalized spacial score (nSPS) is 16.5. The average molecular weight is 252 g/mol. The molecule has 1 aliphatic rings. The van der Waals surface area contributed by atoms with Crippen molar-refractivity contribution in [3.63, 3.8) is 0 Å². The number of nitrogens with zero attached hydrogens (tertiary/aromatic N) is 2. The van der Waals surface area contributed by atoms with Gasteiger partial charge in [0.2, 0.25) is 5.88 Å². The van der Waals surface area contributed by atoms with Crippen molar-refractivity contribution in [1.29, 1.82) is 5.26 Å². The quantitative estimate of drug-likeness (QED) is 0.893. The van der Waals surface area contributed by atoms with E-state index < -0.39 is 0 Å². The zero-order chi connectivity index (χ0) is 12.1. The lowest BCUT2D eigenvalue weighted by Crippen LogP contribution is -2.30. The molecule has 2 heterocycles. The molecule has 0 spiro atoms. The predicted octanol–water partition coefficient (Wildman–Crippen LogP) is 1.99. The Kier molecular flexibility index (Phi) is 4.18. The van der Waals surface area contributed by atoms with Gasteiger partial charge in [-0.25, -0.2) is 4.98 Å². The van der Waals surface area contributed by atoms with Gasteiger partial charge in [0, 0.05) is 6.20 Å². The molecule has 0 saturated carbocycles. The Labute approximate surface area is 106 Å². The van der Waals surface area contributed by atoms with E-state index in [1.807, 2.05) is 6.07 Å². The highest BCUT2D eigenvalue weighted by molar-refractivity contribution is 6.32. The molecule has 17 heavy (non-hydrogen) atoms. The summed E-state index contributed by atoms with van der Waals surface area (Å²) in [6.07, 6.45) is 3.76. The molecule has 0 bridgehead atoms. The first kappa shape index (κ1) is 12.2. The minimum absolute atomic E-state index is 0.309. The lowest BCUT2D eigenvalue weighted by Gasteiger charge is -2.22. The van der Waals surface area contributed by atoms with Gasteiger partial charge >= 0.3 is 0 Å². The Hall–Kier alpha value is -1.31. The van der Waals surface area contributed by atoms with Gasteiger partial charge in [-0.1, -0.05) is 11.6 Å². The van der Waals surface area contributed by atoms with Crippen LogP contribution in [0.5, 0.6) is 5.88 Å². The third-order valence-electron chi connectivity index (χ3n) is 2.89. The molecule has 0 aliphatic carbocycles. The third kappa shape index (κ3) is 3.09. The number of hydrogen-bond donors (Lipinski definition) is 1. The van der Waals surface area contributed by atoms with Crippen LogP contribution in [0.2, 0.25) is 5.02 Å². The van der Waals surface area contributed by atoms with E-state index in [1.165, 1.54) is 0 Å². The topological polar surface area (TPSA) is 57.9 Å². The van der Waals surface area contributed by atoms with Crippen LogP contribution in [0.3, 0.4) is 0 Å². The zero-order valence-electron chi connectivity index (χ0n) is 9.45. The van der Waals surface area contributed by atoms with Crippen molar-refractivity contribution >= 4 is 11.6 Å². The maximum absolute atomic E-state index is 8.83. The molecule has 90 valence electrons. The molecule has 0 radical (unpaired) electrons. The second kappa shape index (κ2) is 5.85. The highest BCUT2D eigenvalue weighted by Crippen LogP contribution is 2.25. The molecule has 1 N–H and O–H groups in total. The molecule has 4 nitrogen and oxygen atoms in total. The number of hydrogen-bond acceptors (Lipinski definition) is 4. The van der Waals surface area contributed by atoms with Crippen molar-refractivity contribution in [2.45, 2.75) is 12.8 Å². The summed E-state index contributed by atoms with van der Waals surface area (Å²) < 4.78 is 5.60. The van der Waals surface area contributed by atoms with Crippen LogP contribution in [-0.2, 0) is 0 Å². The summed E-state index contributed by atoms with van der Waals surface area (Å²) in [7, 11) is 0. The molecule has 1 fully saturated rings. The molecular weight excluding hydrogens is 238 g/mol. The fourth-order valence-corrected chi connectivity index (χ4v) is 2.07. The molecule has 0 atom stereocenters. The Morgan fingerprint density at radius 3 is 3.00 bits per heavy atom. The summed E-state index contributed by atoms with van der Waals surface area (Å²) in [5.74, 6) is 0.907. The second-order valence-corrected chi connectivity index (χ2v) is 4.47. The number of pyridine rings is 1. The first-order chi connectivity index (χ1) is 8.31. The number of halogens is 1. The van der Waals surface area contributed by atoms with E-state index in [0.717, 1.165) is 25.9 Å². The summed E-state index contributed by atoms with van der Waals surface area (Å²) in [4.78, 5) is 4.05. The summed E-state index contributed by atoms with van der Waals surface area (Å²) in [5.41, 5.74) is 0.405. The van der Waals surface area contributed by atoms with Crippen molar-refractivity contribution in [2.75, 3.05) is 19.7 Å². The first-order valence-corrected chi connectivity index (χ1v) is 6.07. The van der Waals surface area contributed by atoms with E-state index in [4.69, 9.17) is 21.6 Å². The first-order valence-electron chi connectivity index (χ1n) is 5.69. The van der Waals surface area contributed by atoms with Gasteiger partial charge in [0.25, 0.3) is 0 Å². The molecule has 1 aliphatic heterocycles. The molecule has 1 saturated heterocycles. The van der Waals surface area contributed by atoms with Gasteiger partial charge in [-0.05, 0) is 37.9 Å². The Morgan fingerprint density at radius 2 is 2.29 bits per heavy atom. The minimum atomic E-state index is 0.309. The number of nitrogens with one attached hydrogen (secondary N) is 1. The molecule has 2 rings (SSSR count). The predicted molar refractivity (Wildman–Crippen MR) is 65.1 cm³/mol. The molecular formula is C12H14ClN3O. The van der Waals surface area contributed by atoms with Gasteiger partial charge in [0.15, 0.2) is 0 Å². The monoisotopic (exact) mass is 251 g/mol. The smallest absolute Gasteiger partial charge is 0.233 e. The molecule has 0 aromatic carbocycles. The fraction of sp³-hybridized carbons (Fsp3) is 0.500. The van der Waals surface area contributed by atoms with Gasteiger partial charge in [0.05, 0.1) is 12.2 Å². The highest BCUT2D eigenvalue weighted by atomic mass is 35.5. The van der Waals surface area contributed by atoms with E-state index in [1.54, 1.807) is 12.3 Å². The van der Waals surface area contributed by atoms with Gasteiger partial charge in [-0.3, -0.25) is 0 Å². The van der Waals surface area contributed by atoms with Crippen molar-refractivity contribution < 1.29 is 4.74 Å². The van der Waals surface area contributed by atoms with Crippen molar-refractivity contribution in [3.8, 4) is 11.9 Å².